The number of hydrazine groups is 1. The van der Waals surface area contributed by atoms with Gasteiger partial charge in [0.05, 0.1) is 16.4 Å². The zero-order valence-corrected chi connectivity index (χ0v) is 11.6. The summed E-state index contributed by atoms with van der Waals surface area (Å²) in [5, 5.41) is 10.8. The topological polar surface area (TPSA) is 128 Å². The van der Waals surface area contributed by atoms with E-state index in [9.17, 15) is 23.3 Å². The number of nitro benzene ring substituents is 1. The molecule has 0 fully saturated rings. The molecular weight excluding hydrogens is 290 g/mol. The number of rotatable bonds is 5. The van der Waals surface area contributed by atoms with E-state index in [-0.39, 0.29) is 17.2 Å². The molecule has 110 valence electrons. The molecule has 0 aliphatic heterocycles. The molecule has 10 heteroatoms. The van der Waals surface area contributed by atoms with Gasteiger partial charge in [0.2, 0.25) is 0 Å². The fraction of sp³-hybridized carbons (Fsp3) is 0.300. The van der Waals surface area contributed by atoms with E-state index in [0.717, 1.165) is 6.07 Å². The highest BCUT2D eigenvalue weighted by Gasteiger charge is 2.20. The molecule has 1 aromatic carbocycles. The first-order valence-electron chi connectivity index (χ1n) is 5.47. The number of amides is 1. The number of carbonyl (C=O) groups excluding carboxylic acids is 1. The highest BCUT2D eigenvalue weighted by atomic mass is 32.2. The van der Waals surface area contributed by atoms with Gasteiger partial charge >= 0.3 is 6.09 Å². The van der Waals surface area contributed by atoms with Crippen molar-refractivity contribution in [2.24, 2.45) is 0 Å². The van der Waals surface area contributed by atoms with E-state index in [4.69, 9.17) is 0 Å². The molecule has 0 atom stereocenters. The fourth-order valence-electron chi connectivity index (χ4n) is 1.29. The average molecular weight is 303 g/mol. The Morgan fingerprint density at radius 2 is 2.10 bits per heavy atom. The molecule has 0 unspecified atom stereocenters. The van der Waals surface area contributed by atoms with Crippen LogP contribution in [-0.2, 0) is 14.8 Å². The lowest BCUT2D eigenvalue weighted by molar-refractivity contribution is -0.385. The fourth-order valence-corrected chi connectivity index (χ4v) is 2.14. The number of ether oxygens (including phenoxy) is 1. The number of sulfonamides is 1. The number of hydrogen-bond donors (Lipinski definition) is 2. The van der Waals surface area contributed by atoms with E-state index in [1.165, 1.54) is 19.1 Å². The molecule has 1 aromatic rings. The Balaban J connectivity index is 2.96. The third kappa shape index (κ3) is 3.90. The van der Waals surface area contributed by atoms with Gasteiger partial charge in [0.1, 0.15) is 0 Å². The van der Waals surface area contributed by atoms with Gasteiger partial charge in [-0.15, -0.1) is 4.83 Å². The van der Waals surface area contributed by atoms with Crippen molar-refractivity contribution in [3.05, 3.63) is 33.9 Å². The monoisotopic (exact) mass is 303 g/mol. The second kappa shape index (κ2) is 6.30. The van der Waals surface area contributed by atoms with Crippen LogP contribution in [0, 0.1) is 17.0 Å². The van der Waals surface area contributed by atoms with Crippen molar-refractivity contribution in [2.45, 2.75) is 18.7 Å². The Morgan fingerprint density at radius 3 is 2.65 bits per heavy atom. The van der Waals surface area contributed by atoms with Crippen LogP contribution in [0.15, 0.2) is 23.1 Å². The Morgan fingerprint density at radius 1 is 1.45 bits per heavy atom. The van der Waals surface area contributed by atoms with Gasteiger partial charge in [-0.05, 0) is 19.9 Å². The van der Waals surface area contributed by atoms with Crippen molar-refractivity contribution >= 4 is 21.8 Å². The highest BCUT2D eigenvalue weighted by molar-refractivity contribution is 7.89. The summed E-state index contributed by atoms with van der Waals surface area (Å²) in [5.41, 5.74) is 1.81. The standard InChI is InChI=1S/C10H13N3O6S/c1-3-19-10(14)11-12-20(17,18)8-5-4-7(2)9(6-8)13(15)16/h4-6,12H,3H2,1-2H3,(H,11,14). The van der Waals surface area contributed by atoms with Crippen LogP contribution in [0.3, 0.4) is 0 Å². The first-order chi connectivity index (χ1) is 9.27. The molecule has 0 aliphatic rings. The molecule has 2 N–H and O–H groups in total. The highest BCUT2D eigenvalue weighted by Crippen LogP contribution is 2.21. The molecule has 20 heavy (non-hydrogen) atoms. The molecule has 0 saturated heterocycles. The molecular formula is C10H13N3O6S. The van der Waals surface area contributed by atoms with E-state index in [1.54, 1.807) is 11.8 Å². The first kappa shape index (κ1) is 15.9. The molecule has 0 radical (unpaired) electrons. The summed E-state index contributed by atoms with van der Waals surface area (Å²) >= 11 is 0. The first-order valence-corrected chi connectivity index (χ1v) is 6.96. The van der Waals surface area contributed by atoms with Crippen LogP contribution in [0.5, 0.6) is 0 Å². The molecule has 9 nitrogen and oxygen atoms in total. The summed E-state index contributed by atoms with van der Waals surface area (Å²) in [6, 6.07) is 3.40. The molecule has 1 rings (SSSR count). The van der Waals surface area contributed by atoms with Gasteiger partial charge in [0.25, 0.3) is 15.7 Å². The van der Waals surface area contributed by atoms with Crippen molar-refractivity contribution in [3.8, 4) is 0 Å². The molecule has 0 heterocycles. The number of nitrogens with one attached hydrogen (secondary N) is 2. The van der Waals surface area contributed by atoms with E-state index in [1.807, 2.05) is 5.43 Å². The summed E-state index contributed by atoms with van der Waals surface area (Å²) in [5.74, 6) is 0. The maximum Gasteiger partial charge on any atom is 0.422 e. The average Bonchev–Trinajstić information content (AvgIpc) is 2.37. The Labute approximate surface area is 115 Å². The van der Waals surface area contributed by atoms with E-state index >= 15 is 0 Å². The Kier molecular flexibility index (Phi) is 5.00. The second-order valence-corrected chi connectivity index (χ2v) is 5.34. The molecule has 0 bridgehead atoms. The van der Waals surface area contributed by atoms with Crippen molar-refractivity contribution in [1.29, 1.82) is 0 Å². The summed E-state index contributed by atoms with van der Waals surface area (Å²) < 4.78 is 28.1. The van der Waals surface area contributed by atoms with Crippen molar-refractivity contribution in [3.63, 3.8) is 0 Å². The molecule has 0 saturated carbocycles. The number of nitrogens with zero attached hydrogens (tertiary/aromatic N) is 1. The lowest BCUT2D eigenvalue weighted by Gasteiger charge is -2.08. The van der Waals surface area contributed by atoms with Gasteiger partial charge in [0, 0.05) is 11.6 Å². The number of aryl methyl sites for hydroxylation is 1. The third-order valence-corrected chi connectivity index (χ3v) is 3.50. The lowest BCUT2D eigenvalue weighted by atomic mass is 10.2. The van der Waals surface area contributed by atoms with Crippen LogP contribution in [0.25, 0.3) is 0 Å². The predicted octanol–water partition coefficient (Wildman–Crippen LogP) is 0.843. The van der Waals surface area contributed by atoms with Crippen LogP contribution >= 0.6 is 0 Å². The third-order valence-electron chi connectivity index (χ3n) is 2.25. The molecule has 0 aliphatic carbocycles. The van der Waals surface area contributed by atoms with Crippen molar-refractivity contribution in [2.75, 3.05) is 6.61 Å². The quantitative estimate of drug-likeness (QED) is 0.613. The SMILES string of the molecule is CCOC(=O)NNS(=O)(=O)c1ccc(C)c([N+](=O)[O-])c1. The zero-order valence-electron chi connectivity index (χ0n) is 10.7. The van der Waals surface area contributed by atoms with E-state index < -0.39 is 21.0 Å². The summed E-state index contributed by atoms with van der Waals surface area (Å²) in [6.45, 7) is 3.11. The minimum atomic E-state index is -4.11. The lowest BCUT2D eigenvalue weighted by Crippen LogP contribution is -2.41. The number of hydrogen-bond acceptors (Lipinski definition) is 6. The predicted molar refractivity (Wildman–Crippen MR) is 68.3 cm³/mol. The smallest absolute Gasteiger partial charge is 0.422 e. The number of carbonyl (C=O) groups is 1. The van der Waals surface area contributed by atoms with Crippen LogP contribution in [0.4, 0.5) is 10.5 Å². The Hall–Kier alpha value is -2.20. The number of nitro groups is 1. The van der Waals surface area contributed by atoms with Gasteiger partial charge in [-0.25, -0.2) is 18.6 Å². The zero-order chi connectivity index (χ0) is 15.3. The van der Waals surface area contributed by atoms with Crippen LogP contribution in [0.1, 0.15) is 12.5 Å². The van der Waals surface area contributed by atoms with Gasteiger partial charge < -0.3 is 4.74 Å². The summed E-state index contributed by atoms with van der Waals surface area (Å²) in [6.07, 6.45) is -0.974. The number of benzene rings is 1. The second-order valence-electron chi connectivity index (χ2n) is 3.66. The van der Waals surface area contributed by atoms with E-state index in [0.29, 0.717) is 5.56 Å². The van der Waals surface area contributed by atoms with Gasteiger partial charge in [-0.1, -0.05) is 6.07 Å². The minimum absolute atomic E-state index is 0.0730. The molecule has 0 spiro atoms. The van der Waals surface area contributed by atoms with E-state index in [2.05, 4.69) is 4.74 Å². The Bertz CT molecular complexity index is 628. The van der Waals surface area contributed by atoms with Gasteiger partial charge in [0.15, 0.2) is 0 Å². The maximum absolute atomic E-state index is 11.8. The largest absolute Gasteiger partial charge is 0.449 e. The summed E-state index contributed by atoms with van der Waals surface area (Å²) in [7, 11) is -4.11. The minimum Gasteiger partial charge on any atom is -0.449 e. The van der Waals surface area contributed by atoms with Gasteiger partial charge in [-0.2, -0.15) is 0 Å². The van der Waals surface area contributed by atoms with Crippen LogP contribution < -0.4 is 10.3 Å². The molecule has 1 amide bonds. The maximum atomic E-state index is 11.8. The van der Waals surface area contributed by atoms with Crippen LogP contribution in [-0.4, -0.2) is 26.0 Å². The van der Waals surface area contributed by atoms with Gasteiger partial charge in [-0.3, -0.25) is 10.1 Å². The summed E-state index contributed by atoms with van der Waals surface area (Å²) in [4.78, 5) is 22.5. The normalized spacial score (nSPS) is 10.9. The van der Waals surface area contributed by atoms with Crippen molar-refractivity contribution in [1.82, 2.24) is 10.3 Å². The van der Waals surface area contributed by atoms with Crippen molar-refractivity contribution < 1.29 is 22.9 Å². The van der Waals surface area contributed by atoms with Crippen LogP contribution in [0.2, 0.25) is 0 Å². The molecule has 0 aromatic heterocycles.